The zero-order valence-electron chi connectivity index (χ0n) is 10.8. The van der Waals surface area contributed by atoms with Crippen molar-refractivity contribution in [1.82, 2.24) is 5.32 Å². The van der Waals surface area contributed by atoms with Gasteiger partial charge in [0.1, 0.15) is 5.75 Å². The molecule has 0 aromatic heterocycles. The van der Waals surface area contributed by atoms with Crippen molar-refractivity contribution in [2.45, 2.75) is 25.3 Å². The lowest BCUT2D eigenvalue weighted by molar-refractivity contribution is -0.143. The van der Waals surface area contributed by atoms with Gasteiger partial charge in [-0.3, -0.25) is 4.79 Å². The van der Waals surface area contributed by atoms with Gasteiger partial charge in [-0.05, 0) is 30.5 Å². The number of carbonyl (C=O) groups excluding carboxylic acids is 1. The molecule has 0 spiro atoms. The third kappa shape index (κ3) is 3.05. The van der Waals surface area contributed by atoms with Crippen molar-refractivity contribution in [3.05, 3.63) is 29.8 Å². The minimum Gasteiger partial charge on any atom is -0.497 e. The highest BCUT2D eigenvalue weighted by molar-refractivity contribution is 5.86. The molecule has 1 aliphatic rings. The van der Waals surface area contributed by atoms with Crippen molar-refractivity contribution in [2.75, 3.05) is 7.11 Å². The Morgan fingerprint density at radius 1 is 1.32 bits per heavy atom. The number of hydrogen-bond donors (Lipinski definition) is 2. The maximum Gasteiger partial charge on any atom is 0.330 e. The van der Waals surface area contributed by atoms with Crippen LogP contribution in [0, 0.1) is 5.92 Å². The molecule has 2 N–H and O–H groups in total. The first-order chi connectivity index (χ1) is 9.11. The average molecular weight is 263 g/mol. The quantitative estimate of drug-likeness (QED) is 0.848. The first-order valence-electron chi connectivity index (χ1n) is 6.29. The number of aliphatic carboxylic acids is 1. The van der Waals surface area contributed by atoms with Crippen LogP contribution < -0.4 is 10.1 Å². The second kappa shape index (κ2) is 5.73. The third-order valence-electron chi connectivity index (χ3n) is 3.46. The molecule has 0 heterocycles. The maximum absolute atomic E-state index is 11.8. The first kappa shape index (κ1) is 13.4. The summed E-state index contributed by atoms with van der Waals surface area (Å²) in [5.41, 5.74) is 0.543. The van der Waals surface area contributed by atoms with E-state index >= 15 is 0 Å². The third-order valence-corrected chi connectivity index (χ3v) is 3.46. The van der Waals surface area contributed by atoms with Gasteiger partial charge in [-0.1, -0.05) is 18.6 Å². The number of methoxy groups -OCH3 is 1. The molecule has 1 saturated carbocycles. The summed E-state index contributed by atoms with van der Waals surface area (Å²) in [6, 6.07) is 5.66. The summed E-state index contributed by atoms with van der Waals surface area (Å²) in [6.45, 7) is 0. The van der Waals surface area contributed by atoms with E-state index in [1.165, 1.54) is 0 Å². The van der Waals surface area contributed by atoms with Crippen LogP contribution in [0.25, 0.3) is 0 Å². The number of benzene rings is 1. The fourth-order valence-corrected chi connectivity index (χ4v) is 2.01. The lowest BCUT2D eigenvalue weighted by atomic mass is 9.84. The molecule has 0 saturated heterocycles. The zero-order chi connectivity index (χ0) is 13.8. The molecule has 102 valence electrons. The van der Waals surface area contributed by atoms with E-state index in [-0.39, 0.29) is 11.8 Å². The number of nitrogens with one attached hydrogen (secondary N) is 1. The van der Waals surface area contributed by atoms with E-state index in [0.717, 1.165) is 19.3 Å². The van der Waals surface area contributed by atoms with E-state index in [0.29, 0.717) is 11.3 Å². The molecule has 0 aliphatic heterocycles. The van der Waals surface area contributed by atoms with Gasteiger partial charge in [0.25, 0.3) is 0 Å². The highest BCUT2D eigenvalue weighted by atomic mass is 16.5. The monoisotopic (exact) mass is 263 g/mol. The van der Waals surface area contributed by atoms with Crippen LogP contribution in [0.3, 0.4) is 0 Å². The van der Waals surface area contributed by atoms with Gasteiger partial charge in [0.05, 0.1) is 7.11 Å². The minimum absolute atomic E-state index is 0.0277. The van der Waals surface area contributed by atoms with Crippen LogP contribution in [0.2, 0.25) is 0 Å². The summed E-state index contributed by atoms with van der Waals surface area (Å²) in [6.07, 6.45) is 2.74. The van der Waals surface area contributed by atoms with Crippen LogP contribution in [-0.4, -0.2) is 24.1 Å². The van der Waals surface area contributed by atoms with Crippen LogP contribution in [0.4, 0.5) is 0 Å². The Kier molecular flexibility index (Phi) is 4.04. The van der Waals surface area contributed by atoms with Gasteiger partial charge in [-0.2, -0.15) is 0 Å². The van der Waals surface area contributed by atoms with E-state index in [1.807, 2.05) is 0 Å². The second-order valence-corrected chi connectivity index (χ2v) is 4.68. The standard InChI is InChI=1S/C14H17NO4/c1-19-11-7-5-9(6-8-11)12(14(17)18)15-13(16)10-3-2-4-10/h5-8,10,12H,2-4H2,1H3,(H,15,16)(H,17,18). The van der Waals surface area contributed by atoms with E-state index in [2.05, 4.69) is 5.32 Å². The molecule has 1 aliphatic carbocycles. The van der Waals surface area contributed by atoms with Gasteiger partial charge in [0.2, 0.25) is 5.91 Å². The SMILES string of the molecule is COc1ccc(C(NC(=O)C2CCC2)C(=O)O)cc1. The lowest BCUT2D eigenvalue weighted by Crippen LogP contribution is -2.39. The molecule has 19 heavy (non-hydrogen) atoms. The fraction of sp³-hybridized carbons (Fsp3) is 0.429. The molecule has 1 fully saturated rings. The summed E-state index contributed by atoms with van der Waals surface area (Å²) in [4.78, 5) is 23.1. The van der Waals surface area contributed by atoms with Gasteiger partial charge in [-0.15, -0.1) is 0 Å². The fourth-order valence-electron chi connectivity index (χ4n) is 2.01. The summed E-state index contributed by atoms with van der Waals surface area (Å²) in [5.74, 6) is -0.606. The normalized spacial score (nSPS) is 16.3. The Morgan fingerprint density at radius 3 is 2.37 bits per heavy atom. The molecule has 1 aromatic rings. The summed E-state index contributed by atoms with van der Waals surface area (Å²) in [5, 5.41) is 11.8. The lowest BCUT2D eigenvalue weighted by Gasteiger charge is -2.26. The molecule has 1 atom stereocenters. The number of amides is 1. The van der Waals surface area contributed by atoms with Crippen molar-refractivity contribution in [1.29, 1.82) is 0 Å². The second-order valence-electron chi connectivity index (χ2n) is 4.68. The van der Waals surface area contributed by atoms with Crippen LogP contribution in [0.1, 0.15) is 30.9 Å². The van der Waals surface area contributed by atoms with E-state index < -0.39 is 12.0 Å². The predicted molar refractivity (Wildman–Crippen MR) is 68.9 cm³/mol. The number of ether oxygens (including phenoxy) is 1. The van der Waals surface area contributed by atoms with Crippen LogP contribution in [-0.2, 0) is 9.59 Å². The van der Waals surface area contributed by atoms with Crippen LogP contribution >= 0.6 is 0 Å². The van der Waals surface area contributed by atoms with Gasteiger partial charge in [0, 0.05) is 5.92 Å². The molecule has 5 nitrogen and oxygen atoms in total. The predicted octanol–water partition coefficient (Wildman–Crippen LogP) is 1.74. The molecule has 5 heteroatoms. The van der Waals surface area contributed by atoms with Crippen molar-refractivity contribution < 1.29 is 19.4 Å². The molecular formula is C14H17NO4. The van der Waals surface area contributed by atoms with E-state index in [1.54, 1.807) is 31.4 Å². The van der Waals surface area contributed by atoms with Crippen molar-refractivity contribution in [3.63, 3.8) is 0 Å². The zero-order valence-corrected chi connectivity index (χ0v) is 10.8. The smallest absolute Gasteiger partial charge is 0.330 e. The topological polar surface area (TPSA) is 75.6 Å². The minimum atomic E-state index is -1.06. The summed E-state index contributed by atoms with van der Waals surface area (Å²) in [7, 11) is 1.54. The Labute approximate surface area is 111 Å². The van der Waals surface area contributed by atoms with Gasteiger partial charge < -0.3 is 15.2 Å². The largest absolute Gasteiger partial charge is 0.497 e. The molecule has 0 radical (unpaired) electrons. The van der Waals surface area contributed by atoms with Gasteiger partial charge in [0.15, 0.2) is 6.04 Å². The highest BCUT2D eigenvalue weighted by Crippen LogP contribution is 2.27. The van der Waals surface area contributed by atoms with Crippen LogP contribution in [0.15, 0.2) is 24.3 Å². The van der Waals surface area contributed by atoms with E-state index in [9.17, 15) is 14.7 Å². The molecule has 0 bridgehead atoms. The average Bonchev–Trinajstić information content (AvgIpc) is 2.34. The molecule has 1 unspecified atom stereocenters. The number of hydrogen-bond acceptors (Lipinski definition) is 3. The van der Waals surface area contributed by atoms with Gasteiger partial charge in [-0.25, -0.2) is 4.79 Å². The molecular weight excluding hydrogens is 246 g/mol. The number of carboxylic acid groups (broad SMARTS) is 1. The van der Waals surface area contributed by atoms with E-state index in [4.69, 9.17) is 4.74 Å². The Balaban J connectivity index is 2.09. The first-order valence-corrected chi connectivity index (χ1v) is 6.29. The van der Waals surface area contributed by atoms with Crippen molar-refractivity contribution in [2.24, 2.45) is 5.92 Å². The van der Waals surface area contributed by atoms with Crippen LogP contribution in [0.5, 0.6) is 5.75 Å². The van der Waals surface area contributed by atoms with Gasteiger partial charge >= 0.3 is 5.97 Å². The molecule has 1 amide bonds. The van der Waals surface area contributed by atoms with Crippen molar-refractivity contribution >= 4 is 11.9 Å². The molecule has 1 aromatic carbocycles. The Hall–Kier alpha value is -2.04. The molecule has 2 rings (SSSR count). The summed E-state index contributed by atoms with van der Waals surface area (Å²) >= 11 is 0. The summed E-state index contributed by atoms with van der Waals surface area (Å²) < 4.78 is 5.02. The van der Waals surface area contributed by atoms with Crippen molar-refractivity contribution in [3.8, 4) is 5.75 Å². The Morgan fingerprint density at radius 2 is 1.95 bits per heavy atom. The maximum atomic E-state index is 11.8. The number of carbonyl (C=O) groups is 2. The Bertz CT molecular complexity index is 465. The number of carboxylic acids is 1. The number of rotatable bonds is 5. The highest BCUT2D eigenvalue weighted by Gasteiger charge is 2.29.